The second-order valence-electron chi connectivity index (χ2n) is 4.99. The van der Waals surface area contributed by atoms with E-state index in [4.69, 9.17) is 4.42 Å². The van der Waals surface area contributed by atoms with E-state index in [0.717, 1.165) is 11.1 Å². The Hall–Kier alpha value is -3.09. The molecule has 3 aromatic rings. The van der Waals surface area contributed by atoms with Crippen molar-refractivity contribution in [3.8, 4) is 0 Å². The largest absolute Gasteiger partial charge is 0.472 e. The molecule has 0 saturated heterocycles. The highest BCUT2D eigenvalue weighted by Gasteiger charge is 2.21. The standard InChI is InChI=1S/C16H12FN3O3/c17-13-3-1-10(2-4-13)5-11-7-23-8-12(11)6-14(21)15(22)16-18-9-19-20-16/h1-4,7-9H,5-6H2,(H,18,19,20). The molecule has 0 aliphatic heterocycles. The Labute approximate surface area is 130 Å². The van der Waals surface area contributed by atoms with Crippen molar-refractivity contribution in [1.29, 1.82) is 0 Å². The first-order valence-corrected chi connectivity index (χ1v) is 6.85. The number of hydrogen-bond donors (Lipinski definition) is 1. The van der Waals surface area contributed by atoms with E-state index in [2.05, 4.69) is 15.2 Å². The molecule has 116 valence electrons. The van der Waals surface area contributed by atoms with Gasteiger partial charge in [-0.1, -0.05) is 12.1 Å². The molecule has 23 heavy (non-hydrogen) atoms. The number of halogens is 1. The molecule has 6 nitrogen and oxygen atoms in total. The number of aromatic nitrogens is 3. The second kappa shape index (κ2) is 6.35. The molecule has 3 rings (SSSR count). The molecule has 0 bridgehead atoms. The van der Waals surface area contributed by atoms with E-state index in [1.54, 1.807) is 12.1 Å². The molecule has 0 fully saturated rings. The van der Waals surface area contributed by atoms with Gasteiger partial charge in [0.25, 0.3) is 5.78 Å². The van der Waals surface area contributed by atoms with Gasteiger partial charge in [0.15, 0.2) is 5.82 Å². The SMILES string of the molecule is O=C(Cc1cocc1Cc1ccc(F)cc1)C(=O)c1ncn[nH]1. The normalized spacial score (nSPS) is 10.7. The number of carbonyl (C=O) groups excluding carboxylic acids is 2. The first-order chi connectivity index (χ1) is 11.1. The van der Waals surface area contributed by atoms with Gasteiger partial charge in [0.1, 0.15) is 12.1 Å². The molecule has 0 unspecified atom stereocenters. The average molecular weight is 313 g/mol. The Balaban J connectivity index is 1.72. The summed E-state index contributed by atoms with van der Waals surface area (Å²) in [6.07, 6.45) is 4.51. The summed E-state index contributed by atoms with van der Waals surface area (Å²) in [5.41, 5.74) is 2.27. The summed E-state index contributed by atoms with van der Waals surface area (Å²) in [5, 5.41) is 5.91. The molecule has 1 N–H and O–H groups in total. The monoisotopic (exact) mass is 313 g/mol. The van der Waals surface area contributed by atoms with Crippen LogP contribution in [0.1, 0.15) is 27.3 Å². The number of nitrogens with zero attached hydrogens (tertiary/aromatic N) is 2. The minimum Gasteiger partial charge on any atom is -0.472 e. The second-order valence-corrected chi connectivity index (χ2v) is 4.99. The topological polar surface area (TPSA) is 88.8 Å². The van der Waals surface area contributed by atoms with E-state index in [0.29, 0.717) is 12.0 Å². The number of hydrogen-bond acceptors (Lipinski definition) is 5. The fourth-order valence-corrected chi connectivity index (χ4v) is 2.18. The lowest BCUT2D eigenvalue weighted by molar-refractivity contribution is -0.114. The van der Waals surface area contributed by atoms with Crippen molar-refractivity contribution in [1.82, 2.24) is 15.2 Å². The fourth-order valence-electron chi connectivity index (χ4n) is 2.18. The van der Waals surface area contributed by atoms with Gasteiger partial charge in [0, 0.05) is 18.4 Å². The Morgan fingerprint density at radius 2 is 1.87 bits per heavy atom. The van der Waals surface area contributed by atoms with Crippen LogP contribution in [0.5, 0.6) is 0 Å². The van der Waals surface area contributed by atoms with Gasteiger partial charge < -0.3 is 4.42 Å². The maximum atomic E-state index is 12.9. The molecule has 0 aliphatic carbocycles. The number of benzene rings is 1. The zero-order valence-electron chi connectivity index (χ0n) is 12.0. The molecule has 7 heteroatoms. The Morgan fingerprint density at radius 1 is 1.13 bits per heavy atom. The van der Waals surface area contributed by atoms with Gasteiger partial charge in [-0.25, -0.2) is 9.37 Å². The number of rotatable bonds is 6. The molecule has 2 heterocycles. The summed E-state index contributed by atoms with van der Waals surface area (Å²) >= 11 is 0. The average Bonchev–Trinajstić information content (AvgIpc) is 3.21. The number of H-pyrrole nitrogens is 1. The minimum absolute atomic E-state index is 0.0846. The Morgan fingerprint density at radius 3 is 2.57 bits per heavy atom. The zero-order valence-corrected chi connectivity index (χ0v) is 12.0. The molecular weight excluding hydrogens is 301 g/mol. The van der Waals surface area contributed by atoms with Gasteiger partial charge in [0.2, 0.25) is 5.78 Å². The highest BCUT2D eigenvalue weighted by Crippen LogP contribution is 2.17. The predicted octanol–water partition coefficient (Wildman–Crippen LogP) is 2.12. The Kier molecular flexibility index (Phi) is 4.09. The lowest BCUT2D eigenvalue weighted by Crippen LogP contribution is -2.18. The van der Waals surface area contributed by atoms with Crippen molar-refractivity contribution in [2.75, 3.05) is 0 Å². The lowest BCUT2D eigenvalue weighted by atomic mass is 10.00. The van der Waals surface area contributed by atoms with Gasteiger partial charge in [-0.3, -0.25) is 14.7 Å². The van der Waals surface area contributed by atoms with Gasteiger partial charge in [-0.15, -0.1) is 0 Å². The third kappa shape index (κ3) is 3.39. The van der Waals surface area contributed by atoms with Crippen molar-refractivity contribution in [2.45, 2.75) is 12.8 Å². The van der Waals surface area contributed by atoms with Gasteiger partial charge in [0.05, 0.1) is 12.5 Å². The van der Waals surface area contributed by atoms with E-state index in [1.807, 2.05) is 0 Å². The van der Waals surface area contributed by atoms with Crippen LogP contribution in [-0.4, -0.2) is 26.7 Å². The molecule has 0 saturated carbocycles. The maximum absolute atomic E-state index is 12.9. The number of Topliss-reactive ketones (excluding diaryl/α,β-unsaturated/α-hetero) is 2. The van der Waals surface area contributed by atoms with Crippen LogP contribution in [0, 0.1) is 5.82 Å². The molecule has 1 aromatic carbocycles. The van der Waals surface area contributed by atoms with Crippen molar-refractivity contribution >= 4 is 11.6 Å². The first kappa shape index (κ1) is 14.8. The summed E-state index contributed by atoms with van der Waals surface area (Å²) in [5.74, 6) is -1.73. The van der Waals surface area contributed by atoms with Crippen LogP contribution in [0.15, 0.2) is 47.5 Å². The van der Waals surface area contributed by atoms with Crippen LogP contribution >= 0.6 is 0 Å². The number of ketones is 2. The van der Waals surface area contributed by atoms with Gasteiger partial charge in [-0.05, 0) is 23.3 Å². The molecule has 0 amide bonds. The number of carbonyl (C=O) groups is 2. The van der Waals surface area contributed by atoms with E-state index in [1.165, 1.54) is 31.0 Å². The van der Waals surface area contributed by atoms with Crippen molar-refractivity contribution < 1.29 is 18.4 Å². The minimum atomic E-state index is -0.726. The van der Waals surface area contributed by atoms with E-state index >= 15 is 0 Å². The highest BCUT2D eigenvalue weighted by molar-refractivity contribution is 6.43. The molecule has 0 aliphatic rings. The van der Waals surface area contributed by atoms with Crippen LogP contribution in [0.3, 0.4) is 0 Å². The Bertz CT molecular complexity index is 823. The van der Waals surface area contributed by atoms with Crippen molar-refractivity contribution in [2.24, 2.45) is 0 Å². The molecule has 0 spiro atoms. The van der Waals surface area contributed by atoms with E-state index < -0.39 is 11.6 Å². The van der Waals surface area contributed by atoms with E-state index in [9.17, 15) is 14.0 Å². The summed E-state index contributed by atoms with van der Waals surface area (Å²) in [6, 6.07) is 6.06. The number of nitrogens with one attached hydrogen (secondary N) is 1. The third-order valence-corrected chi connectivity index (χ3v) is 3.38. The first-order valence-electron chi connectivity index (χ1n) is 6.85. The van der Waals surface area contributed by atoms with Crippen molar-refractivity contribution in [3.63, 3.8) is 0 Å². The molecule has 0 radical (unpaired) electrons. The molecule has 0 atom stereocenters. The maximum Gasteiger partial charge on any atom is 0.265 e. The van der Waals surface area contributed by atoms with Crippen LogP contribution in [0.25, 0.3) is 0 Å². The fraction of sp³-hybridized carbons (Fsp3) is 0.125. The van der Waals surface area contributed by atoms with Crippen LogP contribution in [-0.2, 0) is 17.6 Å². The summed E-state index contributed by atoms with van der Waals surface area (Å²) in [4.78, 5) is 27.6. The summed E-state index contributed by atoms with van der Waals surface area (Å²) < 4.78 is 18.1. The van der Waals surface area contributed by atoms with Gasteiger partial charge in [-0.2, -0.15) is 5.10 Å². The summed E-state index contributed by atoms with van der Waals surface area (Å²) in [6.45, 7) is 0. The van der Waals surface area contributed by atoms with Crippen LogP contribution in [0.2, 0.25) is 0 Å². The lowest BCUT2D eigenvalue weighted by Gasteiger charge is -2.02. The number of furan rings is 1. The van der Waals surface area contributed by atoms with Crippen LogP contribution in [0.4, 0.5) is 4.39 Å². The zero-order chi connectivity index (χ0) is 16.2. The number of aromatic amines is 1. The quantitative estimate of drug-likeness (QED) is 0.556. The van der Waals surface area contributed by atoms with Crippen molar-refractivity contribution in [3.05, 3.63) is 71.5 Å². The van der Waals surface area contributed by atoms with E-state index in [-0.39, 0.29) is 18.1 Å². The van der Waals surface area contributed by atoms with Crippen LogP contribution < -0.4 is 0 Å². The predicted molar refractivity (Wildman–Crippen MR) is 77.3 cm³/mol. The third-order valence-electron chi connectivity index (χ3n) is 3.38. The highest BCUT2D eigenvalue weighted by atomic mass is 19.1. The molecule has 2 aromatic heterocycles. The summed E-state index contributed by atoms with van der Waals surface area (Å²) in [7, 11) is 0. The smallest absolute Gasteiger partial charge is 0.265 e. The van der Waals surface area contributed by atoms with Gasteiger partial charge >= 0.3 is 0 Å². The molecular formula is C16H12FN3O3.